The first-order valence-electron chi connectivity index (χ1n) is 6.92. The van der Waals surface area contributed by atoms with Gasteiger partial charge in [-0.2, -0.15) is 0 Å². The monoisotopic (exact) mass is 273 g/mol. The van der Waals surface area contributed by atoms with Crippen molar-refractivity contribution in [2.45, 2.75) is 26.8 Å². The number of hydrogen-bond donors (Lipinski definition) is 1. The molecule has 0 heterocycles. The molecule has 2 aromatic carbocycles. The number of hydrogen-bond acceptors (Lipinski definition) is 2. The molecular weight excluding hydrogens is 253 g/mol. The molecule has 2 aromatic rings. The lowest BCUT2D eigenvalue weighted by atomic mass is 10.2. The molecule has 1 N–H and O–H groups in total. The van der Waals surface area contributed by atoms with Crippen molar-refractivity contribution in [2.24, 2.45) is 0 Å². The maximum Gasteiger partial charge on any atom is 0.127 e. The Bertz CT molecular complexity index is 551. The van der Waals surface area contributed by atoms with Gasteiger partial charge < -0.3 is 10.1 Å². The average molecular weight is 273 g/mol. The summed E-state index contributed by atoms with van der Waals surface area (Å²) >= 11 is 0. The SMILES string of the molecule is CCCNCc1ccc(Oc2ccc(F)c(C)c2)cc1. The zero-order valence-electron chi connectivity index (χ0n) is 11.9. The molecule has 106 valence electrons. The van der Waals surface area contributed by atoms with Gasteiger partial charge in [-0.05, 0) is 61.3 Å². The second kappa shape index (κ2) is 7.06. The van der Waals surface area contributed by atoms with E-state index in [2.05, 4.69) is 12.2 Å². The van der Waals surface area contributed by atoms with Crippen LogP contribution in [0.15, 0.2) is 42.5 Å². The third-order valence-electron chi connectivity index (χ3n) is 3.04. The molecule has 0 saturated heterocycles. The molecule has 20 heavy (non-hydrogen) atoms. The van der Waals surface area contributed by atoms with Crippen LogP contribution in [0.1, 0.15) is 24.5 Å². The second-order valence-electron chi connectivity index (χ2n) is 4.83. The summed E-state index contributed by atoms with van der Waals surface area (Å²) in [5.41, 5.74) is 1.81. The Morgan fingerprint density at radius 2 is 1.75 bits per heavy atom. The van der Waals surface area contributed by atoms with Gasteiger partial charge in [0.15, 0.2) is 0 Å². The van der Waals surface area contributed by atoms with E-state index in [1.54, 1.807) is 19.1 Å². The molecule has 0 spiro atoms. The molecule has 0 amide bonds. The summed E-state index contributed by atoms with van der Waals surface area (Å²) in [4.78, 5) is 0. The summed E-state index contributed by atoms with van der Waals surface area (Å²) in [6.07, 6.45) is 1.13. The van der Waals surface area contributed by atoms with Crippen LogP contribution in [-0.2, 0) is 6.54 Å². The highest BCUT2D eigenvalue weighted by Gasteiger charge is 2.01. The molecule has 0 aromatic heterocycles. The maximum atomic E-state index is 13.2. The fourth-order valence-electron chi connectivity index (χ4n) is 1.90. The molecule has 0 unspecified atom stereocenters. The van der Waals surface area contributed by atoms with Crippen LogP contribution < -0.4 is 10.1 Å². The molecule has 0 aliphatic heterocycles. The normalized spacial score (nSPS) is 10.6. The fraction of sp³-hybridized carbons (Fsp3) is 0.294. The molecule has 0 fully saturated rings. The van der Waals surface area contributed by atoms with Gasteiger partial charge >= 0.3 is 0 Å². The minimum Gasteiger partial charge on any atom is -0.457 e. The number of aryl methyl sites for hydroxylation is 1. The van der Waals surface area contributed by atoms with Gasteiger partial charge in [0.05, 0.1) is 0 Å². The van der Waals surface area contributed by atoms with E-state index in [1.807, 2.05) is 24.3 Å². The molecule has 2 nitrogen and oxygen atoms in total. The van der Waals surface area contributed by atoms with Crippen molar-refractivity contribution in [3.05, 3.63) is 59.4 Å². The van der Waals surface area contributed by atoms with Gasteiger partial charge in [-0.25, -0.2) is 4.39 Å². The largest absolute Gasteiger partial charge is 0.457 e. The maximum absolute atomic E-state index is 13.2. The van der Waals surface area contributed by atoms with E-state index >= 15 is 0 Å². The Hall–Kier alpha value is -1.87. The highest BCUT2D eigenvalue weighted by atomic mass is 19.1. The summed E-state index contributed by atoms with van der Waals surface area (Å²) in [5.74, 6) is 1.20. The smallest absolute Gasteiger partial charge is 0.127 e. The predicted molar refractivity (Wildman–Crippen MR) is 79.7 cm³/mol. The molecular formula is C17H20FNO. The molecule has 0 bridgehead atoms. The zero-order chi connectivity index (χ0) is 14.4. The number of rotatable bonds is 6. The summed E-state index contributed by atoms with van der Waals surface area (Å²) in [6.45, 7) is 5.76. The number of benzene rings is 2. The van der Waals surface area contributed by atoms with Gasteiger partial charge in [0.2, 0.25) is 0 Å². The van der Waals surface area contributed by atoms with Crippen LogP contribution in [0.5, 0.6) is 11.5 Å². The summed E-state index contributed by atoms with van der Waals surface area (Å²) in [5, 5.41) is 3.35. The molecule has 0 atom stereocenters. The van der Waals surface area contributed by atoms with E-state index in [1.165, 1.54) is 11.6 Å². The Balaban J connectivity index is 1.97. The lowest BCUT2D eigenvalue weighted by Gasteiger charge is -2.08. The first-order valence-corrected chi connectivity index (χ1v) is 6.92. The predicted octanol–water partition coefficient (Wildman–Crippen LogP) is 4.43. The Labute approximate surface area is 119 Å². The fourth-order valence-corrected chi connectivity index (χ4v) is 1.90. The summed E-state index contributed by atoms with van der Waals surface area (Å²) in [6, 6.07) is 12.7. The Morgan fingerprint density at radius 3 is 2.40 bits per heavy atom. The Morgan fingerprint density at radius 1 is 1.05 bits per heavy atom. The van der Waals surface area contributed by atoms with Crippen molar-refractivity contribution >= 4 is 0 Å². The van der Waals surface area contributed by atoms with Gasteiger partial charge in [-0.1, -0.05) is 19.1 Å². The first-order chi connectivity index (χ1) is 9.69. The van der Waals surface area contributed by atoms with E-state index in [0.29, 0.717) is 11.3 Å². The third-order valence-corrected chi connectivity index (χ3v) is 3.04. The van der Waals surface area contributed by atoms with Gasteiger partial charge in [0.1, 0.15) is 17.3 Å². The summed E-state index contributed by atoms with van der Waals surface area (Å²) < 4.78 is 18.9. The lowest BCUT2D eigenvalue weighted by molar-refractivity contribution is 0.479. The molecule has 0 saturated carbocycles. The van der Waals surface area contributed by atoms with Crippen LogP contribution in [0.2, 0.25) is 0 Å². The van der Waals surface area contributed by atoms with E-state index in [-0.39, 0.29) is 5.82 Å². The third kappa shape index (κ3) is 4.07. The minimum absolute atomic E-state index is 0.213. The van der Waals surface area contributed by atoms with Crippen molar-refractivity contribution in [1.82, 2.24) is 5.32 Å². The average Bonchev–Trinajstić information content (AvgIpc) is 2.45. The van der Waals surface area contributed by atoms with Gasteiger partial charge in [-0.15, -0.1) is 0 Å². The van der Waals surface area contributed by atoms with Crippen LogP contribution >= 0.6 is 0 Å². The standard InChI is InChI=1S/C17H20FNO/c1-3-10-19-12-14-4-6-15(7-5-14)20-16-8-9-17(18)13(2)11-16/h4-9,11,19H,3,10,12H2,1-2H3. The van der Waals surface area contributed by atoms with Crippen molar-refractivity contribution in [2.75, 3.05) is 6.54 Å². The molecule has 3 heteroatoms. The molecule has 2 rings (SSSR count). The van der Waals surface area contributed by atoms with Crippen molar-refractivity contribution < 1.29 is 9.13 Å². The zero-order valence-corrected chi connectivity index (χ0v) is 11.9. The van der Waals surface area contributed by atoms with E-state index in [0.717, 1.165) is 25.3 Å². The van der Waals surface area contributed by atoms with Crippen LogP contribution in [-0.4, -0.2) is 6.54 Å². The van der Waals surface area contributed by atoms with E-state index in [9.17, 15) is 4.39 Å². The topological polar surface area (TPSA) is 21.3 Å². The number of nitrogens with one attached hydrogen (secondary N) is 1. The van der Waals surface area contributed by atoms with Gasteiger partial charge in [0, 0.05) is 6.54 Å². The van der Waals surface area contributed by atoms with E-state index in [4.69, 9.17) is 4.74 Å². The van der Waals surface area contributed by atoms with Crippen LogP contribution in [0.25, 0.3) is 0 Å². The van der Waals surface area contributed by atoms with Crippen LogP contribution in [0, 0.1) is 12.7 Å². The lowest BCUT2D eigenvalue weighted by Crippen LogP contribution is -2.13. The van der Waals surface area contributed by atoms with Crippen molar-refractivity contribution in [3.8, 4) is 11.5 Å². The number of halogens is 1. The number of ether oxygens (including phenoxy) is 1. The van der Waals surface area contributed by atoms with Crippen LogP contribution in [0.3, 0.4) is 0 Å². The first kappa shape index (κ1) is 14.5. The van der Waals surface area contributed by atoms with Crippen molar-refractivity contribution in [1.29, 1.82) is 0 Å². The molecule has 0 aliphatic carbocycles. The van der Waals surface area contributed by atoms with Gasteiger partial charge in [0.25, 0.3) is 0 Å². The Kier molecular flexibility index (Phi) is 5.13. The minimum atomic E-state index is -0.213. The van der Waals surface area contributed by atoms with Crippen LogP contribution in [0.4, 0.5) is 4.39 Å². The molecule has 0 aliphatic rings. The second-order valence-corrected chi connectivity index (χ2v) is 4.83. The quantitative estimate of drug-likeness (QED) is 0.786. The summed E-state index contributed by atoms with van der Waals surface area (Å²) in [7, 11) is 0. The highest BCUT2D eigenvalue weighted by Crippen LogP contribution is 2.23. The van der Waals surface area contributed by atoms with Gasteiger partial charge in [-0.3, -0.25) is 0 Å². The highest BCUT2D eigenvalue weighted by molar-refractivity contribution is 5.35. The van der Waals surface area contributed by atoms with Crippen molar-refractivity contribution in [3.63, 3.8) is 0 Å². The van der Waals surface area contributed by atoms with E-state index < -0.39 is 0 Å². The molecule has 0 radical (unpaired) electrons.